The molecular formula is C15H21NO3. The van der Waals surface area contributed by atoms with Crippen LogP contribution < -0.4 is 0 Å². The van der Waals surface area contributed by atoms with Gasteiger partial charge in [0.05, 0.1) is 6.10 Å². The summed E-state index contributed by atoms with van der Waals surface area (Å²) < 4.78 is 5.40. The van der Waals surface area contributed by atoms with E-state index in [1.54, 1.807) is 0 Å². The summed E-state index contributed by atoms with van der Waals surface area (Å²) in [6.45, 7) is 2.82. The Morgan fingerprint density at radius 3 is 2.79 bits per heavy atom. The van der Waals surface area contributed by atoms with Crippen molar-refractivity contribution < 1.29 is 14.6 Å². The minimum atomic E-state index is -0.884. The third-order valence-corrected chi connectivity index (χ3v) is 3.46. The highest BCUT2D eigenvalue weighted by Crippen LogP contribution is 2.16. The van der Waals surface area contributed by atoms with Crippen molar-refractivity contribution in [2.24, 2.45) is 0 Å². The van der Waals surface area contributed by atoms with E-state index in [1.165, 1.54) is 5.56 Å². The monoisotopic (exact) mass is 263 g/mol. The van der Waals surface area contributed by atoms with Gasteiger partial charge in [-0.15, -0.1) is 0 Å². The maximum Gasteiger partial charge on any atom is 0.329 e. The second-order valence-corrected chi connectivity index (χ2v) is 5.02. The summed E-state index contributed by atoms with van der Waals surface area (Å²) in [5.41, 5.74) is 1.33. The zero-order valence-electron chi connectivity index (χ0n) is 11.1. The molecule has 0 spiro atoms. The van der Waals surface area contributed by atoms with Crippen molar-refractivity contribution in [3.63, 3.8) is 0 Å². The molecule has 0 saturated carbocycles. The molecule has 1 heterocycles. The molecule has 2 rings (SSSR count). The number of likely N-dealkylation sites (tertiary alicyclic amines) is 1. The summed E-state index contributed by atoms with van der Waals surface area (Å²) in [6, 6.07) is 10.4. The van der Waals surface area contributed by atoms with Gasteiger partial charge in [0, 0.05) is 13.1 Å². The smallest absolute Gasteiger partial charge is 0.329 e. The van der Waals surface area contributed by atoms with Crippen LogP contribution in [0, 0.1) is 0 Å². The largest absolute Gasteiger partial charge is 0.480 e. The Bertz CT molecular complexity index is 394. The Kier molecular flexibility index (Phi) is 5.36. The van der Waals surface area contributed by atoms with Gasteiger partial charge >= 0.3 is 5.97 Å². The van der Waals surface area contributed by atoms with Crippen LogP contribution in [-0.2, 0) is 16.1 Å². The van der Waals surface area contributed by atoms with Crippen molar-refractivity contribution in [1.82, 2.24) is 4.90 Å². The van der Waals surface area contributed by atoms with Gasteiger partial charge in [0.25, 0.3) is 0 Å². The van der Waals surface area contributed by atoms with Gasteiger partial charge in [0.1, 0.15) is 6.61 Å². The summed E-state index contributed by atoms with van der Waals surface area (Å²) in [4.78, 5) is 12.9. The van der Waals surface area contributed by atoms with E-state index in [9.17, 15) is 4.79 Å². The molecule has 1 aliphatic rings. The van der Waals surface area contributed by atoms with Crippen LogP contribution in [0.1, 0.15) is 24.8 Å². The predicted molar refractivity (Wildman–Crippen MR) is 72.9 cm³/mol. The normalized spacial score (nSPS) is 20.9. The molecular weight excluding hydrogens is 242 g/mol. The summed E-state index contributed by atoms with van der Waals surface area (Å²) in [7, 11) is 0. The molecule has 0 aliphatic carbocycles. The number of aliphatic carboxylic acids is 1. The highest BCUT2D eigenvalue weighted by molar-refractivity contribution is 5.68. The number of carboxylic acids is 1. The number of carboxylic acid groups (broad SMARTS) is 1. The van der Waals surface area contributed by atoms with E-state index in [4.69, 9.17) is 9.84 Å². The lowest BCUT2D eigenvalue weighted by Gasteiger charge is -2.20. The molecule has 0 bridgehead atoms. The van der Waals surface area contributed by atoms with Crippen LogP contribution in [0.2, 0.25) is 0 Å². The van der Waals surface area contributed by atoms with Gasteiger partial charge < -0.3 is 9.84 Å². The highest BCUT2D eigenvalue weighted by Gasteiger charge is 2.18. The van der Waals surface area contributed by atoms with Crippen molar-refractivity contribution in [3.8, 4) is 0 Å². The summed E-state index contributed by atoms with van der Waals surface area (Å²) in [6.07, 6.45) is 3.03. The molecule has 1 atom stereocenters. The maximum atomic E-state index is 10.5. The van der Waals surface area contributed by atoms with Crippen LogP contribution in [0.5, 0.6) is 0 Å². The fourth-order valence-electron chi connectivity index (χ4n) is 2.48. The predicted octanol–water partition coefficient (Wildman–Crippen LogP) is 2.14. The summed E-state index contributed by atoms with van der Waals surface area (Å²) >= 11 is 0. The quantitative estimate of drug-likeness (QED) is 0.884. The van der Waals surface area contributed by atoms with Gasteiger partial charge in [0.2, 0.25) is 0 Å². The maximum absolute atomic E-state index is 10.5. The van der Waals surface area contributed by atoms with Crippen molar-refractivity contribution in [2.75, 3.05) is 19.7 Å². The van der Waals surface area contributed by atoms with Crippen LogP contribution in [0.4, 0.5) is 0 Å². The number of carbonyl (C=O) groups is 1. The van der Waals surface area contributed by atoms with Crippen molar-refractivity contribution >= 4 is 5.97 Å². The number of rotatable bonds is 5. The topological polar surface area (TPSA) is 49.8 Å². The van der Waals surface area contributed by atoms with E-state index in [1.807, 2.05) is 6.07 Å². The standard InChI is InChI=1S/C15H21NO3/c17-15(18)12-19-14-7-4-9-16(10-8-14)11-13-5-2-1-3-6-13/h1-3,5-6,14H,4,7-12H2,(H,17,18). The van der Waals surface area contributed by atoms with Gasteiger partial charge in [-0.1, -0.05) is 30.3 Å². The van der Waals surface area contributed by atoms with Crippen LogP contribution in [0.15, 0.2) is 30.3 Å². The minimum absolute atomic E-state index is 0.0943. The van der Waals surface area contributed by atoms with E-state index >= 15 is 0 Å². The lowest BCUT2D eigenvalue weighted by molar-refractivity contribution is -0.144. The Hall–Kier alpha value is -1.39. The molecule has 1 N–H and O–H groups in total. The molecule has 0 radical (unpaired) electrons. The fourth-order valence-corrected chi connectivity index (χ4v) is 2.48. The van der Waals surface area contributed by atoms with E-state index in [2.05, 4.69) is 29.2 Å². The average molecular weight is 263 g/mol. The van der Waals surface area contributed by atoms with Crippen LogP contribution in [0.25, 0.3) is 0 Å². The Morgan fingerprint density at radius 2 is 2.05 bits per heavy atom. The molecule has 1 aromatic rings. The molecule has 1 unspecified atom stereocenters. The van der Waals surface area contributed by atoms with Gasteiger partial charge in [-0.25, -0.2) is 4.79 Å². The molecule has 4 heteroatoms. The van der Waals surface area contributed by atoms with Gasteiger partial charge in [-0.05, 0) is 31.4 Å². The third-order valence-electron chi connectivity index (χ3n) is 3.46. The van der Waals surface area contributed by atoms with Gasteiger partial charge in [0.15, 0.2) is 0 Å². The molecule has 104 valence electrons. The molecule has 1 aliphatic heterocycles. The van der Waals surface area contributed by atoms with E-state index in [-0.39, 0.29) is 12.7 Å². The molecule has 19 heavy (non-hydrogen) atoms. The number of ether oxygens (including phenoxy) is 1. The molecule has 0 aromatic heterocycles. The van der Waals surface area contributed by atoms with Crippen LogP contribution in [-0.4, -0.2) is 41.8 Å². The molecule has 0 amide bonds. The van der Waals surface area contributed by atoms with Crippen LogP contribution >= 0.6 is 0 Å². The number of benzene rings is 1. The first-order valence-electron chi connectivity index (χ1n) is 6.84. The SMILES string of the molecule is O=C(O)COC1CCCN(Cc2ccccc2)CC1. The fraction of sp³-hybridized carbons (Fsp3) is 0.533. The molecule has 1 saturated heterocycles. The van der Waals surface area contributed by atoms with E-state index in [0.717, 1.165) is 38.9 Å². The van der Waals surface area contributed by atoms with Crippen molar-refractivity contribution in [1.29, 1.82) is 0 Å². The van der Waals surface area contributed by atoms with E-state index in [0.29, 0.717) is 0 Å². The first-order chi connectivity index (χ1) is 9.24. The summed E-state index contributed by atoms with van der Waals surface area (Å²) in [5, 5.41) is 8.63. The minimum Gasteiger partial charge on any atom is -0.480 e. The first-order valence-corrected chi connectivity index (χ1v) is 6.84. The van der Waals surface area contributed by atoms with E-state index < -0.39 is 5.97 Å². The zero-order valence-corrected chi connectivity index (χ0v) is 11.1. The zero-order chi connectivity index (χ0) is 13.5. The number of nitrogens with zero attached hydrogens (tertiary/aromatic N) is 1. The van der Waals surface area contributed by atoms with Crippen molar-refractivity contribution in [2.45, 2.75) is 31.9 Å². The van der Waals surface area contributed by atoms with Crippen LogP contribution in [0.3, 0.4) is 0 Å². The Labute approximate surface area is 114 Å². The van der Waals surface area contributed by atoms with Gasteiger partial charge in [-0.3, -0.25) is 4.90 Å². The second-order valence-electron chi connectivity index (χ2n) is 5.02. The second kappa shape index (κ2) is 7.26. The van der Waals surface area contributed by atoms with Gasteiger partial charge in [-0.2, -0.15) is 0 Å². The number of hydrogen-bond donors (Lipinski definition) is 1. The first kappa shape index (κ1) is 14.0. The Morgan fingerprint density at radius 1 is 1.26 bits per heavy atom. The third kappa shape index (κ3) is 5.01. The highest BCUT2D eigenvalue weighted by atomic mass is 16.5. The summed E-state index contributed by atoms with van der Waals surface area (Å²) in [5.74, 6) is -0.884. The number of hydrogen-bond acceptors (Lipinski definition) is 3. The average Bonchev–Trinajstić information content (AvgIpc) is 2.63. The Balaban J connectivity index is 1.78. The molecule has 4 nitrogen and oxygen atoms in total. The lowest BCUT2D eigenvalue weighted by atomic mass is 10.2. The lowest BCUT2D eigenvalue weighted by Crippen LogP contribution is -2.25. The molecule has 1 fully saturated rings. The molecule has 1 aromatic carbocycles. The van der Waals surface area contributed by atoms with Crippen molar-refractivity contribution in [3.05, 3.63) is 35.9 Å².